The SMILES string of the molecule is Cc1ccc(OCCn2cccc2/C=C2\C(=O)NC(=O)N(c3ccc(F)cc3)C2=O)cc1. The zero-order valence-electron chi connectivity index (χ0n) is 17.2. The number of rotatable bonds is 6. The number of aromatic nitrogens is 1. The fourth-order valence-electron chi connectivity index (χ4n) is 3.29. The van der Waals surface area contributed by atoms with Crippen molar-refractivity contribution >= 4 is 29.6 Å². The Bertz CT molecular complexity index is 1200. The number of halogens is 1. The molecular formula is C24H20FN3O4. The summed E-state index contributed by atoms with van der Waals surface area (Å²) in [4.78, 5) is 38.4. The number of anilines is 1. The molecule has 7 nitrogen and oxygen atoms in total. The zero-order valence-corrected chi connectivity index (χ0v) is 17.2. The Morgan fingerprint density at radius 2 is 1.72 bits per heavy atom. The molecule has 1 N–H and O–H groups in total. The summed E-state index contributed by atoms with van der Waals surface area (Å²) in [5.41, 5.74) is 1.70. The monoisotopic (exact) mass is 433 g/mol. The predicted molar refractivity (Wildman–Crippen MR) is 117 cm³/mol. The van der Waals surface area contributed by atoms with Crippen molar-refractivity contribution in [3.05, 3.63) is 89.5 Å². The van der Waals surface area contributed by atoms with Gasteiger partial charge in [-0.3, -0.25) is 14.9 Å². The normalized spacial score (nSPS) is 15.2. The number of hydrogen-bond acceptors (Lipinski definition) is 4. The number of amides is 4. The number of benzene rings is 2. The maximum atomic E-state index is 13.2. The van der Waals surface area contributed by atoms with E-state index in [2.05, 4.69) is 5.32 Å². The van der Waals surface area contributed by atoms with Crippen molar-refractivity contribution in [2.75, 3.05) is 11.5 Å². The van der Waals surface area contributed by atoms with E-state index < -0.39 is 23.7 Å². The first kappa shape index (κ1) is 21.0. The van der Waals surface area contributed by atoms with Gasteiger partial charge in [0.15, 0.2) is 0 Å². The fraction of sp³-hybridized carbons (Fsp3) is 0.125. The molecule has 2 aromatic carbocycles. The third-order valence-electron chi connectivity index (χ3n) is 4.97. The first-order valence-electron chi connectivity index (χ1n) is 9.94. The summed E-state index contributed by atoms with van der Waals surface area (Å²) >= 11 is 0. The lowest BCUT2D eigenvalue weighted by atomic mass is 10.1. The minimum absolute atomic E-state index is 0.161. The van der Waals surface area contributed by atoms with Crippen molar-refractivity contribution in [2.45, 2.75) is 13.5 Å². The van der Waals surface area contributed by atoms with Gasteiger partial charge in [0.1, 0.15) is 23.7 Å². The maximum Gasteiger partial charge on any atom is 0.335 e. The number of ether oxygens (including phenoxy) is 1. The van der Waals surface area contributed by atoms with Crippen LogP contribution < -0.4 is 15.0 Å². The van der Waals surface area contributed by atoms with Crippen LogP contribution in [0.5, 0.6) is 5.75 Å². The molecular weight excluding hydrogens is 413 g/mol. The molecule has 1 aliphatic rings. The van der Waals surface area contributed by atoms with Crippen LogP contribution in [-0.2, 0) is 16.1 Å². The average molecular weight is 433 g/mol. The molecule has 0 spiro atoms. The fourth-order valence-corrected chi connectivity index (χ4v) is 3.29. The molecule has 32 heavy (non-hydrogen) atoms. The van der Waals surface area contributed by atoms with Crippen LogP contribution in [0.1, 0.15) is 11.3 Å². The number of nitrogens with one attached hydrogen (secondary N) is 1. The molecule has 1 fully saturated rings. The van der Waals surface area contributed by atoms with E-state index >= 15 is 0 Å². The summed E-state index contributed by atoms with van der Waals surface area (Å²) in [7, 11) is 0. The number of urea groups is 1. The number of carbonyl (C=O) groups excluding carboxylic acids is 3. The minimum Gasteiger partial charge on any atom is -0.492 e. The van der Waals surface area contributed by atoms with Crippen LogP contribution in [0.3, 0.4) is 0 Å². The van der Waals surface area contributed by atoms with E-state index in [1.165, 1.54) is 18.2 Å². The van der Waals surface area contributed by atoms with Crippen LogP contribution in [0.2, 0.25) is 0 Å². The van der Waals surface area contributed by atoms with Crippen LogP contribution in [0.25, 0.3) is 6.08 Å². The second kappa shape index (κ2) is 8.89. The summed E-state index contributed by atoms with van der Waals surface area (Å²) < 4.78 is 20.8. The third-order valence-corrected chi connectivity index (χ3v) is 4.97. The molecule has 4 rings (SSSR count). The van der Waals surface area contributed by atoms with Crippen LogP contribution >= 0.6 is 0 Å². The summed E-state index contributed by atoms with van der Waals surface area (Å²) in [6.07, 6.45) is 3.23. The van der Waals surface area contributed by atoms with Gasteiger partial charge in [-0.25, -0.2) is 14.1 Å². The van der Waals surface area contributed by atoms with Crippen molar-refractivity contribution < 1.29 is 23.5 Å². The van der Waals surface area contributed by atoms with E-state index in [0.717, 1.165) is 28.3 Å². The molecule has 4 amide bonds. The van der Waals surface area contributed by atoms with Gasteiger partial charge < -0.3 is 9.30 Å². The van der Waals surface area contributed by atoms with E-state index in [0.29, 0.717) is 18.8 Å². The van der Waals surface area contributed by atoms with E-state index in [4.69, 9.17) is 4.74 Å². The first-order chi connectivity index (χ1) is 15.4. The van der Waals surface area contributed by atoms with Gasteiger partial charge in [0.2, 0.25) is 0 Å². The molecule has 0 saturated carbocycles. The van der Waals surface area contributed by atoms with E-state index in [1.54, 1.807) is 18.3 Å². The Morgan fingerprint density at radius 1 is 1.00 bits per heavy atom. The van der Waals surface area contributed by atoms with Gasteiger partial charge in [-0.1, -0.05) is 17.7 Å². The number of carbonyl (C=O) groups is 3. The number of hydrogen-bond donors (Lipinski definition) is 1. The van der Waals surface area contributed by atoms with Crippen molar-refractivity contribution in [1.29, 1.82) is 0 Å². The van der Waals surface area contributed by atoms with Crippen molar-refractivity contribution in [3.63, 3.8) is 0 Å². The molecule has 0 unspecified atom stereocenters. The third kappa shape index (κ3) is 4.44. The molecule has 8 heteroatoms. The van der Waals surface area contributed by atoms with Crippen molar-refractivity contribution in [1.82, 2.24) is 9.88 Å². The van der Waals surface area contributed by atoms with Gasteiger partial charge in [0.05, 0.1) is 12.2 Å². The second-order valence-corrected chi connectivity index (χ2v) is 7.22. The lowest BCUT2D eigenvalue weighted by Crippen LogP contribution is -2.54. The molecule has 1 saturated heterocycles. The van der Waals surface area contributed by atoms with E-state index in [-0.39, 0.29) is 11.3 Å². The highest BCUT2D eigenvalue weighted by molar-refractivity contribution is 6.39. The van der Waals surface area contributed by atoms with Gasteiger partial charge in [-0.2, -0.15) is 0 Å². The Hall–Kier alpha value is -4.20. The topological polar surface area (TPSA) is 80.6 Å². The molecule has 1 aliphatic heterocycles. The Labute approximate surface area is 183 Å². The summed E-state index contributed by atoms with van der Waals surface area (Å²) in [5.74, 6) is -1.33. The lowest BCUT2D eigenvalue weighted by Gasteiger charge is -2.26. The zero-order chi connectivity index (χ0) is 22.7. The number of aryl methyl sites for hydroxylation is 1. The van der Waals surface area contributed by atoms with Crippen LogP contribution in [0.15, 0.2) is 72.4 Å². The van der Waals surface area contributed by atoms with E-state index in [1.807, 2.05) is 35.8 Å². The van der Waals surface area contributed by atoms with Crippen molar-refractivity contribution in [3.8, 4) is 5.75 Å². The van der Waals surface area contributed by atoms with E-state index in [9.17, 15) is 18.8 Å². The Balaban J connectivity index is 1.52. The second-order valence-electron chi connectivity index (χ2n) is 7.22. The highest BCUT2D eigenvalue weighted by Crippen LogP contribution is 2.22. The predicted octanol–water partition coefficient (Wildman–Crippen LogP) is 3.68. The van der Waals surface area contributed by atoms with Crippen LogP contribution in [0, 0.1) is 12.7 Å². The number of barbiturate groups is 1. The Morgan fingerprint density at radius 3 is 2.44 bits per heavy atom. The van der Waals surface area contributed by atoms with Gasteiger partial charge in [0, 0.05) is 11.9 Å². The number of nitrogens with zero attached hydrogens (tertiary/aromatic N) is 2. The van der Waals surface area contributed by atoms with Crippen LogP contribution in [0.4, 0.5) is 14.9 Å². The lowest BCUT2D eigenvalue weighted by molar-refractivity contribution is -0.122. The molecule has 0 atom stereocenters. The highest BCUT2D eigenvalue weighted by Gasteiger charge is 2.36. The average Bonchev–Trinajstić information content (AvgIpc) is 3.21. The van der Waals surface area contributed by atoms with Crippen molar-refractivity contribution in [2.24, 2.45) is 0 Å². The van der Waals surface area contributed by atoms with Gasteiger partial charge in [-0.15, -0.1) is 0 Å². The highest BCUT2D eigenvalue weighted by atomic mass is 19.1. The molecule has 2 heterocycles. The molecule has 1 aromatic heterocycles. The quantitative estimate of drug-likeness (QED) is 0.475. The number of imide groups is 2. The summed E-state index contributed by atoms with van der Waals surface area (Å²) in [5, 5.41) is 2.16. The smallest absolute Gasteiger partial charge is 0.335 e. The summed E-state index contributed by atoms with van der Waals surface area (Å²) in [6, 6.07) is 15.2. The minimum atomic E-state index is -0.884. The molecule has 3 aromatic rings. The van der Waals surface area contributed by atoms with Crippen LogP contribution in [-0.4, -0.2) is 29.0 Å². The maximum absolute atomic E-state index is 13.2. The first-order valence-corrected chi connectivity index (χ1v) is 9.94. The van der Waals surface area contributed by atoms with Gasteiger partial charge in [-0.05, 0) is 61.5 Å². The largest absolute Gasteiger partial charge is 0.492 e. The summed E-state index contributed by atoms with van der Waals surface area (Å²) in [6.45, 7) is 2.86. The molecule has 0 radical (unpaired) electrons. The molecule has 0 bridgehead atoms. The standard InChI is InChI=1S/C24H20FN3O4/c1-16-4-10-20(11-5-16)32-14-13-27-12-2-3-19(27)15-21-22(29)26-24(31)28(23(21)30)18-8-6-17(25)7-9-18/h2-12,15H,13-14H2,1H3,(H,26,29,31)/b21-15+. The van der Waals surface area contributed by atoms with Gasteiger partial charge in [0.25, 0.3) is 11.8 Å². The Kier molecular flexibility index (Phi) is 5.85. The molecule has 0 aliphatic carbocycles. The molecule has 162 valence electrons. The van der Waals surface area contributed by atoms with Gasteiger partial charge >= 0.3 is 6.03 Å².